The van der Waals surface area contributed by atoms with Gasteiger partial charge in [0.1, 0.15) is 6.61 Å². The number of nitrogens with one attached hydrogen (secondary N) is 2. The maximum atomic E-state index is 12.8. The quantitative estimate of drug-likeness (QED) is 0.273. The van der Waals surface area contributed by atoms with Gasteiger partial charge in [0.2, 0.25) is 0 Å². The number of hydrogen-bond acceptors (Lipinski definition) is 5. The van der Waals surface area contributed by atoms with E-state index in [4.69, 9.17) is 9.47 Å². The first-order chi connectivity index (χ1) is 16.8. The minimum atomic E-state index is -4.57. The Bertz CT molecular complexity index is 1200. The highest BCUT2D eigenvalue weighted by Crippen LogP contribution is 2.31. The third-order valence-electron chi connectivity index (χ3n) is 4.54. The maximum absolute atomic E-state index is 12.8. The number of anilines is 1. The lowest BCUT2D eigenvalue weighted by atomic mass is 10.2. The average molecular weight is 485 g/mol. The molecule has 3 rings (SSSR count). The van der Waals surface area contributed by atoms with Crippen molar-refractivity contribution in [2.45, 2.75) is 19.7 Å². The van der Waals surface area contributed by atoms with E-state index in [1.54, 1.807) is 18.2 Å². The van der Waals surface area contributed by atoms with E-state index in [9.17, 15) is 22.8 Å². The number of hydrogen-bond donors (Lipinski definition) is 2. The Morgan fingerprint density at radius 3 is 2.40 bits per heavy atom. The van der Waals surface area contributed by atoms with Crippen LogP contribution in [0.4, 0.5) is 18.9 Å². The number of ether oxygens (including phenoxy) is 2. The summed E-state index contributed by atoms with van der Waals surface area (Å²) in [4.78, 5) is 23.9. The van der Waals surface area contributed by atoms with Crippen molar-refractivity contribution in [1.29, 1.82) is 0 Å². The van der Waals surface area contributed by atoms with Crippen LogP contribution in [0.5, 0.6) is 11.5 Å². The number of hydrazone groups is 1. The summed E-state index contributed by atoms with van der Waals surface area (Å²) >= 11 is 0. The molecule has 0 aromatic heterocycles. The van der Waals surface area contributed by atoms with E-state index in [1.807, 2.05) is 42.7 Å². The van der Waals surface area contributed by atoms with Gasteiger partial charge in [0, 0.05) is 5.69 Å². The second-order valence-corrected chi connectivity index (χ2v) is 7.15. The van der Waals surface area contributed by atoms with Crippen molar-refractivity contribution in [2.75, 3.05) is 11.9 Å². The predicted octanol–water partition coefficient (Wildman–Crippen LogP) is 4.77. The summed E-state index contributed by atoms with van der Waals surface area (Å²) in [5.74, 6) is -1.31. The van der Waals surface area contributed by atoms with Crippen LogP contribution in [0.25, 0.3) is 0 Å². The zero-order chi connectivity index (χ0) is 25.3. The fraction of sp³-hybridized carbons (Fsp3) is 0.160. The predicted molar refractivity (Wildman–Crippen MR) is 124 cm³/mol. The van der Waals surface area contributed by atoms with E-state index in [2.05, 4.69) is 10.4 Å². The first-order valence-electron chi connectivity index (χ1n) is 10.5. The molecule has 0 saturated heterocycles. The van der Waals surface area contributed by atoms with Crippen LogP contribution in [0.2, 0.25) is 0 Å². The van der Waals surface area contributed by atoms with Gasteiger partial charge in [-0.05, 0) is 54.4 Å². The van der Waals surface area contributed by atoms with Crippen LogP contribution in [0, 0.1) is 0 Å². The summed E-state index contributed by atoms with van der Waals surface area (Å²) in [6, 6.07) is 18.6. The molecule has 0 aliphatic rings. The highest BCUT2D eigenvalue weighted by atomic mass is 19.4. The Morgan fingerprint density at radius 2 is 1.69 bits per heavy atom. The van der Waals surface area contributed by atoms with Gasteiger partial charge in [0.05, 0.1) is 18.4 Å². The Balaban J connectivity index is 1.59. The molecule has 0 unspecified atom stereocenters. The van der Waals surface area contributed by atoms with Gasteiger partial charge < -0.3 is 14.8 Å². The molecule has 182 valence electrons. The summed E-state index contributed by atoms with van der Waals surface area (Å²) in [6.07, 6.45) is -3.28. The van der Waals surface area contributed by atoms with Crippen molar-refractivity contribution in [1.82, 2.24) is 5.43 Å². The largest absolute Gasteiger partial charge is 0.490 e. The molecular formula is C25H22F3N3O4. The van der Waals surface area contributed by atoms with E-state index >= 15 is 0 Å². The van der Waals surface area contributed by atoms with Crippen molar-refractivity contribution in [2.24, 2.45) is 5.10 Å². The number of amides is 2. The fourth-order valence-electron chi connectivity index (χ4n) is 2.91. The zero-order valence-electron chi connectivity index (χ0n) is 18.6. The second kappa shape index (κ2) is 11.7. The van der Waals surface area contributed by atoms with E-state index < -0.39 is 23.6 Å². The van der Waals surface area contributed by atoms with Crippen molar-refractivity contribution < 1.29 is 32.2 Å². The topological polar surface area (TPSA) is 89.0 Å². The lowest BCUT2D eigenvalue weighted by Crippen LogP contribution is -2.32. The van der Waals surface area contributed by atoms with Gasteiger partial charge in [-0.1, -0.05) is 36.4 Å². The number of benzene rings is 3. The molecule has 2 N–H and O–H groups in total. The highest BCUT2D eigenvalue weighted by Gasteiger charge is 2.30. The minimum Gasteiger partial charge on any atom is -0.490 e. The van der Waals surface area contributed by atoms with Crippen LogP contribution >= 0.6 is 0 Å². The van der Waals surface area contributed by atoms with Crippen molar-refractivity contribution >= 4 is 23.7 Å². The normalized spacial score (nSPS) is 11.2. The molecule has 2 amide bonds. The average Bonchev–Trinajstić information content (AvgIpc) is 2.84. The molecule has 35 heavy (non-hydrogen) atoms. The number of nitrogens with zero attached hydrogens (tertiary/aromatic N) is 1. The number of rotatable bonds is 8. The highest BCUT2D eigenvalue weighted by molar-refractivity contribution is 6.39. The smallest absolute Gasteiger partial charge is 0.416 e. The van der Waals surface area contributed by atoms with Gasteiger partial charge in [-0.2, -0.15) is 18.3 Å². The summed E-state index contributed by atoms with van der Waals surface area (Å²) in [5.41, 5.74) is 2.46. The molecule has 0 atom stereocenters. The maximum Gasteiger partial charge on any atom is 0.416 e. The number of alkyl halides is 3. The molecule has 0 saturated carbocycles. The molecule has 0 bridgehead atoms. The van der Waals surface area contributed by atoms with E-state index in [-0.39, 0.29) is 5.69 Å². The molecule has 3 aromatic carbocycles. The standard InChI is InChI=1S/C25H22F3N3O4/c1-2-34-22-13-18(11-12-21(22)35-16-17-7-4-3-5-8-17)15-29-31-24(33)23(32)30-20-10-6-9-19(14-20)25(26,27)28/h3-15H,2,16H2,1H3,(H,30,32)(H,31,33)/b29-15-. The van der Waals surface area contributed by atoms with Crippen LogP contribution in [-0.4, -0.2) is 24.6 Å². The summed E-state index contributed by atoms with van der Waals surface area (Å²) in [5, 5.41) is 5.83. The fourth-order valence-corrected chi connectivity index (χ4v) is 2.91. The molecule has 0 aliphatic carbocycles. The molecule has 0 heterocycles. The van der Waals surface area contributed by atoms with Gasteiger partial charge in [-0.3, -0.25) is 9.59 Å². The molecule has 7 nitrogen and oxygen atoms in total. The third kappa shape index (κ3) is 7.60. The van der Waals surface area contributed by atoms with Crippen LogP contribution < -0.4 is 20.2 Å². The number of carbonyl (C=O) groups excluding carboxylic acids is 2. The van der Waals surface area contributed by atoms with Crippen LogP contribution in [0.15, 0.2) is 77.9 Å². The minimum absolute atomic E-state index is 0.170. The summed E-state index contributed by atoms with van der Waals surface area (Å²) in [6.45, 7) is 2.57. The van der Waals surface area contributed by atoms with Crippen LogP contribution in [0.3, 0.4) is 0 Å². The molecule has 0 fully saturated rings. The van der Waals surface area contributed by atoms with Crippen LogP contribution in [-0.2, 0) is 22.4 Å². The van der Waals surface area contributed by atoms with Gasteiger partial charge in [0.25, 0.3) is 0 Å². The molecule has 0 radical (unpaired) electrons. The van der Waals surface area contributed by atoms with Gasteiger partial charge >= 0.3 is 18.0 Å². The zero-order valence-corrected chi connectivity index (χ0v) is 18.6. The SMILES string of the molecule is CCOc1cc(/C=N\NC(=O)C(=O)Nc2cccc(C(F)(F)F)c2)ccc1OCc1ccccc1. The number of carbonyl (C=O) groups is 2. The second-order valence-electron chi connectivity index (χ2n) is 7.15. The monoisotopic (exact) mass is 485 g/mol. The Hall–Kier alpha value is -4.34. The summed E-state index contributed by atoms with van der Waals surface area (Å²) < 4.78 is 49.8. The molecular weight excluding hydrogens is 463 g/mol. The Labute approximate surface area is 199 Å². The van der Waals surface area contributed by atoms with Crippen molar-refractivity contribution in [3.05, 3.63) is 89.5 Å². The van der Waals surface area contributed by atoms with E-state index in [0.29, 0.717) is 30.3 Å². The van der Waals surface area contributed by atoms with Crippen LogP contribution in [0.1, 0.15) is 23.6 Å². The molecule has 10 heteroatoms. The number of halogens is 3. The first kappa shape index (κ1) is 25.3. The van der Waals surface area contributed by atoms with E-state index in [0.717, 1.165) is 23.8 Å². The molecule has 0 spiro atoms. The van der Waals surface area contributed by atoms with Gasteiger partial charge in [-0.25, -0.2) is 5.43 Å². The molecule has 3 aromatic rings. The Morgan fingerprint density at radius 1 is 0.914 bits per heavy atom. The Kier molecular flexibility index (Phi) is 8.44. The van der Waals surface area contributed by atoms with E-state index in [1.165, 1.54) is 12.3 Å². The third-order valence-corrected chi connectivity index (χ3v) is 4.54. The summed E-state index contributed by atoms with van der Waals surface area (Å²) in [7, 11) is 0. The van der Waals surface area contributed by atoms with Gasteiger partial charge in [0.15, 0.2) is 11.5 Å². The molecule has 0 aliphatic heterocycles. The lowest BCUT2D eigenvalue weighted by Gasteiger charge is -2.12. The van der Waals surface area contributed by atoms with Crippen molar-refractivity contribution in [3.63, 3.8) is 0 Å². The lowest BCUT2D eigenvalue weighted by molar-refractivity contribution is -0.137. The first-order valence-corrected chi connectivity index (χ1v) is 10.5. The van der Waals surface area contributed by atoms with Crippen molar-refractivity contribution in [3.8, 4) is 11.5 Å². The van der Waals surface area contributed by atoms with Gasteiger partial charge in [-0.15, -0.1) is 0 Å².